The van der Waals surface area contributed by atoms with Crippen molar-refractivity contribution < 1.29 is 18.7 Å². The number of aromatic nitrogens is 1. The summed E-state index contributed by atoms with van der Waals surface area (Å²) in [5.41, 5.74) is -0.451. The number of nitrogens with zero attached hydrogens (tertiary/aromatic N) is 2. The van der Waals surface area contributed by atoms with E-state index in [9.17, 15) is 18.7 Å². The first kappa shape index (κ1) is 18.4. The third-order valence-electron chi connectivity index (χ3n) is 4.59. The van der Waals surface area contributed by atoms with Gasteiger partial charge in [0.2, 0.25) is 0 Å². The summed E-state index contributed by atoms with van der Waals surface area (Å²) >= 11 is 0. The standard InChI is InChI=1S/C19H21F2N3O2/c20-16-4-1-3-15(17(16)21)12-24-10-2-7-19(26,18(24)25)13-23-11-14-5-8-22-9-6-14/h1,3-6,8-9,23,26H,2,7,10-13H2/t19-/m0/s1. The highest BCUT2D eigenvalue weighted by Crippen LogP contribution is 2.25. The molecule has 1 fully saturated rings. The fourth-order valence-electron chi connectivity index (χ4n) is 3.17. The van der Waals surface area contributed by atoms with Crippen LogP contribution in [0.2, 0.25) is 0 Å². The van der Waals surface area contributed by atoms with Gasteiger partial charge in [0.05, 0.1) is 0 Å². The molecule has 1 aliphatic rings. The highest BCUT2D eigenvalue weighted by Gasteiger charge is 2.41. The zero-order valence-electron chi connectivity index (χ0n) is 14.3. The van der Waals surface area contributed by atoms with E-state index in [1.54, 1.807) is 12.4 Å². The lowest BCUT2D eigenvalue weighted by molar-refractivity contribution is -0.157. The molecule has 1 aromatic heterocycles. The lowest BCUT2D eigenvalue weighted by Crippen LogP contribution is -2.57. The minimum absolute atomic E-state index is 0.0604. The van der Waals surface area contributed by atoms with Gasteiger partial charge in [0.25, 0.3) is 5.91 Å². The number of carbonyl (C=O) groups is 1. The molecule has 3 rings (SSSR count). The van der Waals surface area contributed by atoms with Crippen LogP contribution in [0.15, 0.2) is 42.7 Å². The van der Waals surface area contributed by atoms with E-state index >= 15 is 0 Å². The smallest absolute Gasteiger partial charge is 0.256 e. The lowest BCUT2D eigenvalue weighted by atomic mass is 9.91. The number of hydrogen-bond donors (Lipinski definition) is 2. The fourth-order valence-corrected chi connectivity index (χ4v) is 3.17. The van der Waals surface area contributed by atoms with Crippen LogP contribution in [0.5, 0.6) is 0 Å². The van der Waals surface area contributed by atoms with Crippen LogP contribution >= 0.6 is 0 Å². The second-order valence-corrected chi connectivity index (χ2v) is 6.53. The summed E-state index contributed by atoms with van der Waals surface area (Å²) in [5, 5.41) is 13.8. The van der Waals surface area contributed by atoms with Gasteiger partial charge in [-0.15, -0.1) is 0 Å². The second kappa shape index (κ2) is 7.88. The Bertz CT molecular complexity index is 773. The van der Waals surface area contributed by atoms with Crippen LogP contribution in [-0.4, -0.2) is 39.6 Å². The number of piperidine rings is 1. The molecule has 7 heteroatoms. The van der Waals surface area contributed by atoms with Crippen LogP contribution in [-0.2, 0) is 17.9 Å². The zero-order chi connectivity index (χ0) is 18.6. The largest absolute Gasteiger partial charge is 0.379 e. The molecule has 1 amide bonds. The Morgan fingerprint density at radius 2 is 2.00 bits per heavy atom. The maximum Gasteiger partial charge on any atom is 0.256 e. The van der Waals surface area contributed by atoms with E-state index in [1.807, 2.05) is 12.1 Å². The van der Waals surface area contributed by atoms with Crippen molar-refractivity contribution in [1.29, 1.82) is 0 Å². The number of rotatable bonds is 6. The molecule has 0 unspecified atom stereocenters. The van der Waals surface area contributed by atoms with Crippen molar-refractivity contribution >= 4 is 5.91 Å². The lowest BCUT2D eigenvalue weighted by Gasteiger charge is -2.38. The first-order valence-electron chi connectivity index (χ1n) is 8.54. The highest BCUT2D eigenvalue weighted by atomic mass is 19.2. The van der Waals surface area contributed by atoms with Gasteiger partial charge in [-0.2, -0.15) is 0 Å². The van der Waals surface area contributed by atoms with Crippen LogP contribution in [0, 0.1) is 11.6 Å². The summed E-state index contributed by atoms with van der Waals surface area (Å²) in [6.45, 7) is 0.934. The van der Waals surface area contributed by atoms with Crippen molar-refractivity contribution in [3.05, 3.63) is 65.5 Å². The third kappa shape index (κ3) is 4.05. The van der Waals surface area contributed by atoms with Gasteiger partial charge in [0, 0.05) is 44.1 Å². The van der Waals surface area contributed by atoms with Crippen LogP contribution in [0.25, 0.3) is 0 Å². The summed E-state index contributed by atoms with van der Waals surface area (Å²) < 4.78 is 27.2. The molecule has 0 aliphatic carbocycles. The van der Waals surface area contributed by atoms with Gasteiger partial charge in [0.15, 0.2) is 17.2 Å². The van der Waals surface area contributed by atoms with Crippen molar-refractivity contribution in [1.82, 2.24) is 15.2 Å². The van der Waals surface area contributed by atoms with Gasteiger partial charge >= 0.3 is 0 Å². The number of halogens is 2. The molecule has 0 radical (unpaired) electrons. The number of pyridine rings is 1. The molecule has 5 nitrogen and oxygen atoms in total. The molecule has 1 aliphatic heterocycles. The first-order valence-corrected chi connectivity index (χ1v) is 8.54. The van der Waals surface area contributed by atoms with E-state index in [0.29, 0.717) is 25.9 Å². The van der Waals surface area contributed by atoms with E-state index in [1.165, 1.54) is 17.0 Å². The van der Waals surface area contributed by atoms with Crippen molar-refractivity contribution in [3.63, 3.8) is 0 Å². The topological polar surface area (TPSA) is 65.5 Å². The van der Waals surface area contributed by atoms with Gasteiger partial charge in [-0.3, -0.25) is 9.78 Å². The molecular formula is C19H21F2N3O2. The summed E-state index contributed by atoms with van der Waals surface area (Å²) in [7, 11) is 0. The van der Waals surface area contributed by atoms with Gasteiger partial charge in [-0.05, 0) is 36.6 Å². The number of benzene rings is 1. The van der Waals surface area contributed by atoms with Gasteiger partial charge in [0.1, 0.15) is 0 Å². The Balaban J connectivity index is 1.63. The predicted octanol–water partition coefficient (Wildman–Crippen LogP) is 2.00. The average Bonchev–Trinajstić information content (AvgIpc) is 2.64. The van der Waals surface area contributed by atoms with E-state index in [-0.39, 0.29) is 18.7 Å². The Morgan fingerprint density at radius 1 is 1.23 bits per heavy atom. The maximum absolute atomic E-state index is 13.9. The number of aliphatic hydroxyl groups is 1. The predicted molar refractivity (Wildman–Crippen MR) is 91.9 cm³/mol. The number of carbonyl (C=O) groups excluding carboxylic acids is 1. The quantitative estimate of drug-likeness (QED) is 0.826. The Hall–Kier alpha value is -2.38. The zero-order valence-corrected chi connectivity index (χ0v) is 14.3. The van der Waals surface area contributed by atoms with Crippen LogP contribution < -0.4 is 5.32 Å². The van der Waals surface area contributed by atoms with Gasteiger partial charge in [-0.1, -0.05) is 12.1 Å². The van der Waals surface area contributed by atoms with E-state index in [2.05, 4.69) is 10.3 Å². The summed E-state index contributed by atoms with van der Waals surface area (Å²) in [6.07, 6.45) is 4.27. The SMILES string of the molecule is O=C1N(Cc2cccc(F)c2F)CCC[C@]1(O)CNCc1ccncc1. The van der Waals surface area contributed by atoms with Crippen molar-refractivity contribution in [3.8, 4) is 0 Å². The van der Waals surface area contributed by atoms with E-state index in [4.69, 9.17) is 0 Å². The van der Waals surface area contributed by atoms with E-state index in [0.717, 1.165) is 11.6 Å². The number of likely N-dealkylation sites (tertiary alicyclic amines) is 1. The molecule has 2 heterocycles. The first-order chi connectivity index (χ1) is 12.5. The van der Waals surface area contributed by atoms with Gasteiger partial charge < -0.3 is 15.3 Å². The number of hydrogen-bond acceptors (Lipinski definition) is 4. The van der Waals surface area contributed by atoms with E-state index < -0.39 is 23.1 Å². The Labute approximate surface area is 150 Å². The molecule has 1 aromatic carbocycles. The Kier molecular flexibility index (Phi) is 5.58. The highest BCUT2D eigenvalue weighted by molar-refractivity contribution is 5.86. The maximum atomic E-state index is 13.9. The van der Waals surface area contributed by atoms with Crippen LogP contribution in [0.4, 0.5) is 8.78 Å². The minimum Gasteiger partial charge on any atom is -0.379 e. The molecule has 138 valence electrons. The van der Waals surface area contributed by atoms with Crippen molar-refractivity contribution in [2.45, 2.75) is 31.5 Å². The molecule has 0 saturated carbocycles. The summed E-state index contributed by atoms with van der Waals surface area (Å²) in [5.74, 6) is -2.36. The van der Waals surface area contributed by atoms with Gasteiger partial charge in [-0.25, -0.2) is 8.78 Å². The molecule has 2 aromatic rings. The fraction of sp³-hybridized carbons (Fsp3) is 0.368. The summed E-state index contributed by atoms with van der Waals surface area (Å²) in [6, 6.07) is 7.58. The molecule has 0 bridgehead atoms. The average molecular weight is 361 g/mol. The minimum atomic E-state index is -1.55. The molecule has 0 spiro atoms. The molecule has 1 saturated heterocycles. The second-order valence-electron chi connectivity index (χ2n) is 6.53. The molecular weight excluding hydrogens is 340 g/mol. The van der Waals surface area contributed by atoms with Crippen molar-refractivity contribution in [2.75, 3.05) is 13.1 Å². The molecule has 2 N–H and O–H groups in total. The molecule has 1 atom stereocenters. The summed E-state index contributed by atoms with van der Waals surface area (Å²) in [4.78, 5) is 18.0. The van der Waals surface area contributed by atoms with Crippen molar-refractivity contribution in [2.24, 2.45) is 0 Å². The Morgan fingerprint density at radius 3 is 2.77 bits per heavy atom. The number of amides is 1. The molecule has 26 heavy (non-hydrogen) atoms. The van der Waals surface area contributed by atoms with Crippen LogP contribution in [0.3, 0.4) is 0 Å². The number of nitrogens with one attached hydrogen (secondary N) is 1. The monoisotopic (exact) mass is 361 g/mol. The third-order valence-corrected chi connectivity index (χ3v) is 4.59. The van der Waals surface area contributed by atoms with Crippen LogP contribution in [0.1, 0.15) is 24.0 Å². The normalized spacial score (nSPS) is 20.4.